The molecule has 0 aliphatic carbocycles. The lowest BCUT2D eigenvalue weighted by Gasteiger charge is -2.36. The lowest BCUT2D eigenvalue weighted by atomic mass is 9.62. The smallest absolute Gasteiger partial charge is 0.325 e. The second-order valence-corrected chi connectivity index (χ2v) is 10.4. The third kappa shape index (κ3) is 10.8. The number of carbonyl (C=O) groups excluding carboxylic acids is 3. The number of rotatable bonds is 24. The molecule has 0 rings (SSSR count). The molecule has 0 saturated heterocycles. The van der Waals surface area contributed by atoms with Crippen molar-refractivity contribution in [1.29, 1.82) is 0 Å². The maximum atomic E-state index is 13.0. The van der Waals surface area contributed by atoms with E-state index in [9.17, 15) is 54.9 Å². The van der Waals surface area contributed by atoms with Gasteiger partial charge in [0, 0.05) is 0 Å². The molecular formula is C27H48O11. The average Bonchev–Trinajstić information content (AvgIpc) is 2.90. The molecule has 4 atom stereocenters. The minimum absolute atomic E-state index is 0.170. The summed E-state index contributed by atoms with van der Waals surface area (Å²) in [5.74, 6) is -8.35. The standard InChI is InChI=1S/C27H48O11/c1-18(2)13-11-9-7-5-3-4-6-8-10-12-14-19(23(34)20(31)15-28)27(26(37)38,24(35)21(32)16-29)25(36)22(33)17-30/h18-22,28-33H,3-17H2,1-2H3,(H,37,38). The third-order valence-electron chi connectivity index (χ3n) is 6.96. The van der Waals surface area contributed by atoms with Gasteiger partial charge in [-0.05, 0) is 12.3 Å². The highest BCUT2D eigenvalue weighted by Crippen LogP contribution is 2.38. The summed E-state index contributed by atoms with van der Waals surface area (Å²) in [7, 11) is 0. The second-order valence-electron chi connectivity index (χ2n) is 10.4. The topological polar surface area (TPSA) is 210 Å². The summed E-state index contributed by atoms with van der Waals surface area (Å²) in [4.78, 5) is 51.3. The molecule has 222 valence electrons. The summed E-state index contributed by atoms with van der Waals surface area (Å²) in [6.07, 6.45) is 3.10. The molecule has 38 heavy (non-hydrogen) atoms. The Morgan fingerprint density at radius 2 is 0.921 bits per heavy atom. The third-order valence-corrected chi connectivity index (χ3v) is 6.96. The molecule has 0 spiro atoms. The second kappa shape index (κ2) is 19.3. The summed E-state index contributed by atoms with van der Waals surface area (Å²) in [5, 5.41) is 67.6. The number of hydrogen-bond acceptors (Lipinski definition) is 10. The molecule has 0 fully saturated rings. The van der Waals surface area contributed by atoms with Gasteiger partial charge < -0.3 is 35.7 Å². The zero-order chi connectivity index (χ0) is 29.3. The largest absolute Gasteiger partial charge is 0.480 e. The van der Waals surface area contributed by atoms with Gasteiger partial charge in [0.2, 0.25) is 0 Å². The molecular weight excluding hydrogens is 500 g/mol. The highest BCUT2D eigenvalue weighted by atomic mass is 16.4. The SMILES string of the molecule is CC(C)CCCCCCCCCCCCC(C(=O)C(O)CO)C(C(=O)O)(C(=O)C(O)CO)C(=O)C(O)CO. The van der Waals surface area contributed by atoms with Crippen molar-refractivity contribution in [2.75, 3.05) is 19.8 Å². The van der Waals surface area contributed by atoms with E-state index in [1.165, 1.54) is 25.7 Å². The summed E-state index contributed by atoms with van der Waals surface area (Å²) < 4.78 is 0. The van der Waals surface area contributed by atoms with Crippen LogP contribution in [0.15, 0.2) is 0 Å². The minimum atomic E-state index is -3.38. The zero-order valence-corrected chi connectivity index (χ0v) is 22.8. The molecule has 0 aromatic carbocycles. The van der Waals surface area contributed by atoms with Crippen LogP contribution in [0.3, 0.4) is 0 Å². The molecule has 7 N–H and O–H groups in total. The average molecular weight is 549 g/mol. The Bertz CT molecular complexity index is 700. The van der Waals surface area contributed by atoms with Gasteiger partial charge in [-0.25, -0.2) is 0 Å². The minimum Gasteiger partial charge on any atom is -0.480 e. The van der Waals surface area contributed by atoms with E-state index < -0.39 is 72.8 Å². The van der Waals surface area contributed by atoms with E-state index >= 15 is 0 Å². The summed E-state index contributed by atoms with van der Waals surface area (Å²) in [6, 6.07) is 0. The fourth-order valence-corrected chi connectivity index (χ4v) is 4.73. The number of hydrogen-bond donors (Lipinski definition) is 7. The van der Waals surface area contributed by atoms with E-state index in [1.54, 1.807) is 0 Å². The van der Waals surface area contributed by atoms with Crippen LogP contribution in [0.5, 0.6) is 0 Å². The van der Waals surface area contributed by atoms with Gasteiger partial charge in [0.15, 0.2) is 22.8 Å². The van der Waals surface area contributed by atoms with Gasteiger partial charge in [0.1, 0.15) is 18.3 Å². The molecule has 0 aromatic heterocycles. The van der Waals surface area contributed by atoms with Crippen LogP contribution < -0.4 is 0 Å². The number of unbranched alkanes of at least 4 members (excludes halogenated alkanes) is 9. The number of aliphatic carboxylic acids is 1. The first-order chi connectivity index (χ1) is 17.9. The molecule has 0 heterocycles. The van der Waals surface area contributed by atoms with Gasteiger partial charge >= 0.3 is 5.97 Å². The van der Waals surface area contributed by atoms with Gasteiger partial charge in [-0.2, -0.15) is 0 Å². The number of carboxylic acid groups (broad SMARTS) is 1. The van der Waals surface area contributed by atoms with Gasteiger partial charge in [0.25, 0.3) is 0 Å². The molecule has 11 nitrogen and oxygen atoms in total. The van der Waals surface area contributed by atoms with E-state index in [2.05, 4.69) is 13.8 Å². The van der Waals surface area contributed by atoms with Crippen LogP contribution >= 0.6 is 0 Å². The number of aliphatic hydroxyl groups is 6. The first-order valence-corrected chi connectivity index (χ1v) is 13.7. The molecule has 0 aliphatic heterocycles. The van der Waals surface area contributed by atoms with Gasteiger partial charge in [-0.1, -0.05) is 84.5 Å². The molecule has 0 bridgehead atoms. The lowest BCUT2D eigenvalue weighted by Crippen LogP contribution is -2.62. The van der Waals surface area contributed by atoms with Gasteiger partial charge in [-0.15, -0.1) is 0 Å². The molecule has 0 saturated carbocycles. The molecule has 0 aliphatic rings. The quantitative estimate of drug-likeness (QED) is 0.0661. The van der Waals surface area contributed by atoms with E-state index in [4.69, 9.17) is 0 Å². The molecule has 0 amide bonds. The first kappa shape index (κ1) is 36.2. The first-order valence-electron chi connectivity index (χ1n) is 13.7. The van der Waals surface area contributed by atoms with E-state index in [-0.39, 0.29) is 12.8 Å². The lowest BCUT2D eigenvalue weighted by molar-refractivity contribution is -0.176. The van der Waals surface area contributed by atoms with Crippen LogP contribution in [0.25, 0.3) is 0 Å². The number of aliphatic hydroxyl groups excluding tert-OH is 6. The molecule has 0 aromatic rings. The number of carbonyl (C=O) groups is 4. The van der Waals surface area contributed by atoms with Crippen molar-refractivity contribution >= 4 is 23.3 Å². The fraction of sp³-hybridized carbons (Fsp3) is 0.852. The summed E-state index contributed by atoms with van der Waals surface area (Å²) in [6.45, 7) is 0.771. The number of Topliss-reactive ketones (excluding diaryl/α,β-unsaturated/α-hetero) is 3. The van der Waals surface area contributed by atoms with Crippen molar-refractivity contribution in [3.05, 3.63) is 0 Å². The maximum Gasteiger partial charge on any atom is 0.325 e. The Labute approximate surface area is 224 Å². The van der Waals surface area contributed by atoms with Crippen LogP contribution in [-0.4, -0.2) is 97.2 Å². The monoisotopic (exact) mass is 548 g/mol. The van der Waals surface area contributed by atoms with Crippen LogP contribution in [0, 0.1) is 17.3 Å². The van der Waals surface area contributed by atoms with Crippen LogP contribution in [0.4, 0.5) is 0 Å². The molecule has 11 heteroatoms. The van der Waals surface area contributed by atoms with Crippen LogP contribution in [0.2, 0.25) is 0 Å². The maximum absolute atomic E-state index is 13.0. The van der Waals surface area contributed by atoms with Crippen molar-refractivity contribution < 1.29 is 54.9 Å². The molecule has 0 radical (unpaired) electrons. The zero-order valence-electron chi connectivity index (χ0n) is 22.8. The van der Waals surface area contributed by atoms with E-state index in [1.807, 2.05) is 0 Å². The highest BCUT2D eigenvalue weighted by molar-refractivity contribution is 6.26. The Morgan fingerprint density at radius 1 is 0.579 bits per heavy atom. The van der Waals surface area contributed by atoms with E-state index in [0.717, 1.165) is 32.1 Å². The van der Waals surface area contributed by atoms with Crippen LogP contribution in [-0.2, 0) is 19.2 Å². The predicted molar refractivity (Wildman–Crippen MR) is 138 cm³/mol. The van der Waals surface area contributed by atoms with Crippen molar-refractivity contribution in [1.82, 2.24) is 0 Å². The van der Waals surface area contributed by atoms with Crippen molar-refractivity contribution in [3.63, 3.8) is 0 Å². The summed E-state index contributed by atoms with van der Waals surface area (Å²) >= 11 is 0. The predicted octanol–water partition coefficient (Wildman–Crippen LogP) is 0.778. The van der Waals surface area contributed by atoms with Crippen molar-refractivity contribution in [3.8, 4) is 0 Å². The van der Waals surface area contributed by atoms with Gasteiger partial charge in [-0.3, -0.25) is 19.2 Å². The number of carboxylic acids is 1. The van der Waals surface area contributed by atoms with E-state index in [0.29, 0.717) is 12.3 Å². The van der Waals surface area contributed by atoms with Crippen LogP contribution in [0.1, 0.15) is 90.9 Å². The highest BCUT2D eigenvalue weighted by Gasteiger charge is 2.63. The Morgan fingerprint density at radius 3 is 1.24 bits per heavy atom. The fourth-order valence-electron chi connectivity index (χ4n) is 4.73. The Balaban J connectivity index is 5.44. The molecule has 4 unspecified atom stereocenters. The van der Waals surface area contributed by atoms with Gasteiger partial charge in [0.05, 0.1) is 25.7 Å². The van der Waals surface area contributed by atoms with Crippen molar-refractivity contribution in [2.24, 2.45) is 17.3 Å². The normalized spacial score (nSPS) is 16.4. The van der Waals surface area contributed by atoms with Crippen molar-refractivity contribution in [2.45, 2.75) is 109 Å². The Hall–Kier alpha value is -1.76. The number of ketones is 3. The summed E-state index contributed by atoms with van der Waals surface area (Å²) in [5.41, 5.74) is -3.38. The Kier molecular flexibility index (Phi) is 18.4.